The van der Waals surface area contributed by atoms with Gasteiger partial charge in [0.15, 0.2) is 11.5 Å². The first kappa shape index (κ1) is 14.8. The highest BCUT2D eigenvalue weighted by Gasteiger charge is 2.25. The van der Waals surface area contributed by atoms with E-state index in [1.807, 2.05) is 0 Å². The van der Waals surface area contributed by atoms with Crippen molar-refractivity contribution < 1.29 is 24.1 Å². The second-order valence-electron chi connectivity index (χ2n) is 4.87. The lowest BCUT2D eigenvalue weighted by molar-refractivity contribution is 0.00664. The molecule has 0 radical (unpaired) electrons. The van der Waals surface area contributed by atoms with E-state index in [0.29, 0.717) is 23.0 Å². The molecule has 1 fully saturated rings. The van der Waals surface area contributed by atoms with Crippen molar-refractivity contribution in [1.29, 1.82) is 0 Å². The number of aliphatic hydroxyl groups excluding tert-OH is 1. The Hall–Kier alpha value is -1.62. The number of benzene rings is 1. The van der Waals surface area contributed by atoms with Gasteiger partial charge in [0.1, 0.15) is 11.9 Å². The largest absolute Gasteiger partial charge is 0.493 e. The van der Waals surface area contributed by atoms with Gasteiger partial charge in [-0.25, -0.2) is 0 Å². The van der Waals surface area contributed by atoms with Gasteiger partial charge in [0.25, 0.3) is 0 Å². The average Bonchev–Trinajstić information content (AvgIpc) is 2.48. The predicted octanol–water partition coefficient (Wildman–Crippen LogP) is 2.39. The maximum absolute atomic E-state index is 9.97. The molecule has 1 saturated carbocycles. The number of hydrogen-bond donors (Lipinski definition) is 1. The van der Waals surface area contributed by atoms with Gasteiger partial charge in [0.2, 0.25) is 5.75 Å². The minimum Gasteiger partial charge on any atom is -0.493 e. The number of methoxy groups -OCH3 is 3. The Kier molecular flexibility index (Phi) is 4.95. The van der Waals surface area contributed by atoms with Gasteiger partial charge >= 0.3 is 0 Å². The van der Waals surface area contributed by atoms with Crippen molar-refractivity contribution in [3.05, 3.63) is 12.1 Å². The van der Waals surface area contributed by atoms with Crippen LogP contribution < -0.4 is 18.9 Å². The lowest BCUT2D eigenvalue weighted by atomic mass is 9.95. The van der Waals surface area contributed by atoms with Crippen molar-refractivity contribution in [3.8, 4) is 23.0 Å². The van der Waals surface area contributed by atoms with Gasteiger partial charge in [-0.1, -0.05) is 6.42 Å². The summed E-state index contributed by atoms with van der Waals surface area (Å²) in [5.74, 6) is 2.25. The van der Waals surface area contributed by atoms with E-state index in [1.54, 1.807) is 33.5 Å². The molecule has 0 aliphatic heterocycles. The molecule has 0 spiro atoms. The molecule has 0 amide bonds. The van der Waals surface area contributed by atoms with Gasteiger partial charge in [0.05, 0.1) is 27.4 Å². The van der Waals surface area contributed by atoms with Crippen LogP contribution in [0, 0.1) is 0 Å². The van der Waals surface area contributed by atoms with Crippen molar-refractivity contribution in [2.45, 2.75) is 37.9 Å². The summed E-state index contributed by atoms with van der Waals surface area (Å²) in [5.41, 5.74) is 0. The monoisotopic (exact) mass is 282 g/mol. The van der Waals surface area contributed by atoms with Gasteiger partial charge in [0, 0.05) is 12.1 Å². The number of ether oxygens (including phenoxy) is 4. The van der Waals surface area contributed by atoms with E-state index < -0.39 is 6.10 Å². The maximum atomic E-state index is 9.97. The first-order valence-corrected chi connectivity index (χ1v) is 6.84. The number of hydrogen-bond acceptors (Lipinski definition) is 5. The fourth-order valence-electron chi connectivity index (χ4n) is 2.51. The minimum atomic E-state index is -0.414. The molecule has 2 rings (SSSR count). The zero-order valence-corrected chi connectivity index (χ0v) is 12.2. The third-order valence-electron chi connectivity index (χ3n) is 3.59. The number of rotatable bonds is 5. The van der Waals surface area contributed by atoms with Crippen molar-refractivity contribution >= 4 is 0 Å². The molecule has 0 aromatic heterocycles. The zero-order valence-electron chi connectivity index (χ0n) is 12.2. The summed E-state index contributed by atoms with van der Waals surface area (Å²) in [5, 5.41) is 9.97. The van der Waals surface area contributed by atoms with E-state index in [9.17, 15) is 5.11 Å². The quantitative estimate of drug-likeness (QED) is 0.898. The van der Waals surface area contributed by atoms with Gasteiger partial charge in [-0.05, 0) is 19.3 Å². The standard InChI is InChI=1S/C15H22O5/c1-17-13-8-10(9-14(18-2)15(13)19-3)20-12-7-5-4-6-11(12)16/h8-9,11-12,16H,4-7H2,1-3H3/t11-,12-/m0/s1. The van der Waals surface area contributed by atoms with E-state index in [0.717, 1.165) is 25.7 Å². The third kappa shape index (κ3) is 3.10. The van der Waals surface area contributed by atoms with Crippen LogP contribution in [0.25, 0.3) is 0 Å². The van der Waals surface area contributed by atoms with Crippen LogP contribution in [-0.4, -0.2) is 38.6 Å². The molecular weight excluding hydrogens is 260 g/mol. The summed E-state index contributed by atoms with van der Waals surface area (Å²) in [6, 6.07) is 3.51. The molecule has 0 heterocycles. The Bertz CT molecular complexity index is 421. The van der Waals surface area contributed by atoms with Gasteiger partial charge in [-0.3, -0.25) is 0 Å². The van der Waals surface area contributed by atoms with Crippen molar-refractivity contribution in [2.24, 2.45) is 0 Å². The Morgan fingerprint density at radius 2 is 1.55 bits per heavy atom. The Balaban J connectivity index is 2.23. The summed E-state index contributed by atoms with van der Waals surface area (Å²) in [6.45, 7) is 0. The maximum Gasteiger partial charge on any atom is 0.203 e. The van der Waals surface area contributed by atoms with Crippen LogP contribution >= 0.6 is 0 Å². The van der Waals surface area contributed by atoms with E-state index in [4.69, 9.17) is 18.9 Å². The van der Waals surface area contributed by atoms with E-state index >= 15 is 0 Å². The summed E-state index contributed by atoms with van der Waals surface area (Å²) in [6.07, 6.45) is 3.18. The fraction of sp³-hybridized carbons (Fsp3) is 0.600. The molecule has 1 aromatic rings. The van der Waals surface area contributed by atoms with Crippen LogP contribution in [0.5, 0.6) is 23.0 Å². The number of aliphatic hydroxyl groups is 1. The van der Waals surface area contributed by atoms with E-state index in [-0.39, 0.29) is 6.10 Å². The third-order valence-corrected chi connectivity index (χ3v) is 3.59. The molecule has 1 N–H and O–H groups in total. The van der Waals surface area contributed by atoms with Crippen molar-refractivity contribution in [2.75, 3.05) is 21.3 Å². The molecule has 0 saturated heterocycles. The zero-order chi connectivity index (χ0) is 14.5. The van der Waals surface area contributed by atoms with Gasteiger partial charge < -0.3 is 24.1 Å². The summed E-state index contributed by atoms with van der Waals surface area (Å²) < 4.78 is 21.7. The van der Waals surface area contributed by atoms with E-state index in [2.05, 4.69) is 0 Å². The molecular formula is C15H22O5. The molecule has 2 atom stereocenters. The van der Waals surface area contributed by atoms with Crippen LogP contribution in [0.2, 0.25) is 0 Å². The average molecular weight is 282 g/mol. The Morgan fingerprint density at radius 1 is 0.950 bits per heavy atom. The minimum absolute atomic E-state index is 0.174. The molecule has 1 aliphatic rings. The highest BCUT2D eigenvalue weighted by molar-refractivity contribution is 5.55. The summed E-state index contributed by atoms with van der Waals surface area (Å²) >= 11 is 0. The smallest absolute Gasteiger partial charge is 0.203 e. The highest BCUT2D eigenvalue weighted by Crippen LogP contribution is 2.41. The van der Waals surface area contributed by atoms with Crippen molar-refractivity contribution in [1.82, 2.24) is 0 Å². The SMILES string of the molecule is COc1cc(O[C@H]2CCCC[C@@H]2O)cc(OC)c1OC. The van der Waals surface area contributed by atoms with Crippen LogP contribution in [0.4, 0.5) is 0 Å². The molecule has 0 bridgehead atoms. The Morgan fingerprint density at radius 3 is 2.05 bits per heavy atom. The second-order valence-corrected chi connectivity index (χ2v) is 4.87. The molecule has 112 valence electrons. The fourth-order valence-corrected chi connectivity index (χ4v) is 2.51. The normalized spacial score (nSPS) is 22.2. The first-order valence-electron chi connectivity index (χ1n) is 6.84. The van der Waals surface area contributed by atoms with Crippen LogP contribution in [0.15, 0.2) is 12.1 Å². The van der Waals surface area contributed by atoms with Crippen LogP contribution in [0.3, 0.4) is 0 Å². The predicted molar refractivity (Wildman–Crippen MR) is 75.0 cm³/mol. The van der Waals surface area contributed by atoms with Gasteiger partial charge in [-0.15, -0.1) is 0 Å². The molecule has 5 nitrogen and oxygen atoms in total. The van der Waals surface area contributed by atoms with Gasteiger partial charge in [-0.2, -0.15) is 0 Å². The molecule has 1 aromatic carbocycles. The molecule has 20 heavy (non-hydrogen) atoms. The molecule has 5 heteroatoms. The topological polar surface area (TPSA) is 57.2 Å². The molecule has 1 aliphatic carbocycles. The summed E-state index contributed by atoms with van der Waals surface area (Å²) in [7, 11) is 4.69. The second kappa shape index (κ2) is 6.70. The Labute approximate surface area is 119 Å². The highest BCUT2D eigenvalue weighted by atomic mass is 16.5. The lowest BCUT2D eigenvalue weighted by Crippen LogP contribution is -2.34. The summed E-state index contributed by atoms with van der Waals surface area (Å²) in [4.78, 5) is 0. The lowest BCUT2D eigenvalue weighted by Gasteiger charge is -2.28. The van der Waals surface area contributed by atoms with Crippen molar-refractivity contribution in [3.63, 3.8) is 0 Å². The molecule has 0 unspecified atom stereocenters. The first-order chi connectivity index (χ1) is 9.69. The van der Waals surface area contributed by atoms with Crippen LogP contribution in [-0.2, 0) is 0 Å². The van der Waals surface area contributed by atoms with Crippen LogP contribution in [0.1, 0.15) is 25.7 Å². The van der Waals surface area contributed by atoms with E-state index in [1.165, 1.54) is 0 Å².